The van der Waals surface area contributed by atoms with Crippen molar-refractivity contribution >= 4 is 12.0 Å². The van der Waals surface area contributed by atoms with Gasteiger partial charge in [-0.1, -0.05) is 0 Å². The highest BCUT2D eigenvalue weighted by atomic mass is 19.4. The predicted molar refractivity (Wildman–Crippen MR) is 75.6 cm³/mol. The van der Waals surface area contributed by atoms with Gasteiger partial charge in [0.2, 0.25) is 5.91 Å². The Morgan fingerprint density at radius 3 is 2.30 bits per heavy atom. The lowest BCUT2D eigenvalue weighted by Crippen LogP contribution is -2.49. The number of likely N-dealkylation sites (tertiary alicyclic amines) is 1. The number of nitrogens with zero attached hydrogens (tertiary/aromatic N) is 1. The zero-order chi connectivity index (χ0) is 18.0. The lowest BCUT2D eigenvalue weighted by atomic mass is 10.2. The quantitative estimate of drug-likeness (QED) is 0.857. The van der Waals surface area contributed by atoms with Crippen LogP contribution in [0.4, 0.5) is 18.0 Å². The molecule has 0 aromatic heterocycles. The fraction of sp³-hybridized carbons (Fsp3) is 0.857. The van der Waals surface area contributed by atoms with Crippen LogP contribution in [-0.2, 0) is 14.3 Å². The second-order valence-corrected chi connectivity index (χ2v) is 6.63. The SMILES string of the molecule is C[C@@H](NC(=O)OC(C)(C)C)C(=O)N1C[C@H](OC(F)(F)F)C[C@@H]1C. The smallest absolute Gasteiger partial charge is 0.444 e. The Balaban J connectivity index is 2.58. The Morgan fingerprint density at radius 1 is 1.26 bits per heavy atom. The Morgan fingerprint density at radius 2 is 1.83 bits per heavy atom. The first-order chi connectivity index (χ1) is 10.3. The summed E-state index contributed by atoms with van der Waals surface area (Å²) in [5.41, 5.74) is -0.709. The molecule has 0 aromatic rings. The van der Waals surface area contributed by atoms with E-state index in [1.165, 1.54) is 11.8 Å². The normalized spacial score (nSPS) is 23.6. The summed E-state index contributed by atoms with van der Waals surface area (Å²) in [5.74, 6) is -0.475. The van der Waals surface area contributed by atoms with E-state index in [1.807, 2.05) is 0 Å². The van der Waals surface area contributed by atoms with E-state index in [1.54, 1.807) is 27.7 Å². The van der Waals surface area contributed by atoms with Crippen LogP contribution >= 0.6 is 0 Å². The highest BCUT2D eigenvalue weighted by Gasteiger charge is 2.41. The number of amides is 2. The minimum absolute atomic E-state index is 0.0877. The first-order valence-electron chi connectivity index (χ1n) is 7.33. The molecule has 1 fully saturated rings. The summed E-state index contributed by atoms with van der Waals surface area (Å²) in [7, 11) is 0. The van der Waals surface area contributed by atoms with Crippen LogP contribution in [-0.4, -0.2) is 53.6 Å². The van der Waals surface area contributed by atoms with E-state index in [2.05, 4.69) is 10.1 Å². The lowest BCUT2D eigenvalue weighted by Gasteiger charge is -2.26. The van der Waals surface area contributed by atoms with Crippen LogP contribution in [0.25, 0.3) is 0 Å². The standard InChI is InChI=1S/C14H23F3N2O4/c1-8-6-10(22-14(15,16)17)7-19(8)11(20)9(2)18-12(21)23-13(3,4)5/h8-10H,6-7H2,1-5H3,(H,18,21)/t8-,9+,10+/m0/s1. The molecule has 0 bridgehead atoms. The van der Waals surface area contributed by atoms with Gasteiger partial charge in [-0.15, -0.1) is 13.2 Å². The van der Waals surface area contributed by atoms with Gasteiger partial charge in [-0.05, 0) is 41.0 Å². The maximum atomic E-state index is 12.3. The molecule has 6 nitrogen and oxygen atoms in total. The molecule has 0 saturated carbocycles. The monoisotopic (exact) mass is 340 g/mol. The Hall–Kier alpha value is -1.51. The van der Waals surface area contributed by atoms with Crippen LogP contribution in [0.3, 0.4) is 0 Å². The molecular weight excluding hydrogens is 317 g/mol. The van der Waals surface area contributed by atoms with Crippen molar-refractivity contribution in [2.24, 2.45) is 0 Å². The fourth-order valence-electron chi connectivity index (χ4n) is 2.36. The largest absolute Gasteiger partial charge is 0.522 e. The van der Waals surface area contributed by atoms with Crippen molar-refractivity contribution in [3.8, 4) is 0 Å². The van der Waals surface area contributed by atoms with Gasteiger partial charge in [-0.3, -0.25) is 9.53 Å². The van der Waals surface area contributed by atoms with Crippen LogP contribution in [0.5, 0.6) is 0 Å². The molecular formula is C14H23F3N2O4. The Labute approximate surface area is 133 Å². The zero-order valence-corrected chi connectivity index (χ0v) is 13.9. The molecule has 1 saturated heterocycles. The molecule has 3 atom stereocenters. The van der Waals surface area contributed by atoms with Gasteiger partial charge in [0.15, 0.2) is 0 Å². The van der Waals surface area contributed by atoms with Crippen LogP contribution in [0.15, 0.2) is 0 Å². The van der Waals surface area contributed by atoms with Crippen molar-refractivity contribution in [2.45, 2.75) is 71.2 Å². The third-order valence-electron chi connectivity index (χ3n) is 3.22. The number of alkyl halides is 3. The van der Waals surface area contributed by atoms with Gasteiger partial charge in [0.1, 0.15) is 11.6 Å². The first-order valence-corrected chi connectivity index (χ1v) is 7.33. The Kier molecular flexibility index (Phi) is 5.89. The number of halogens is 3. The topological polar surface area (TPSA) is 67.9 Å². The predicted octanol–water partition coefficient (Wildman–Crippen LogP) is 2.43. The number of rotatable bonds is 3. The number of ether oxygens (including phenoxy) is 2. The number of nitrogens with one attached hydrogen (secondary N) is 1. The molecule has 0 unspecified atom stereocenters. The molecule has 1 aliphatic rings. The molecule has 1 N–H and O–H groups in total. The number of hydrogen-bond donors (Lipinski definition) is 1. The lowest BCUT2D eigenvalue weighted by molar-refractivity contribution is -0.340. The van der Waals surface area contributed by atoms with Gasteiger partial charge in [0, 0.05) is 12.6 Å². The van der Waals surface area contributed by atoms with Gasteiger partial charge in [0.05, 0.1) is 6.10 Å². The van der Waals surface area contributed by atoms with Crippen molar-refractivity contribution in [1.29, 1.82) is 0 Å². The maximum Gasteiger partial charge on any atom is 0.522 e. The van der Waals surface area contributed by atoms with Gasteiger partial charge in [-0.2, -0.15) is 0 Å². The third-order valence-corrected chi connectivity index (χ3v) is 3.22. The Bertz CT molecular complexity index is 448. The fourth-order valence-corrected chi connectivity index (χ4v) is 2.36. The number of carbonyl (C=O) groups excluding carboxylic acids is 2. The highest BCUT2D eigenvalue weighted by Crippen LogP contribution is 2.27. The van der Waals surface area contributed by atoms with E-state index < -0.39 is 42.2 Å². The molecule has 0 spiro atoms. The number of alkyl carbamates (subject to hydrolysis) is 1. The summed E-state index contributed by atoms with van der Waals surface area (Å²) in [6, 6.07) is -1.31. The summed E-state index contributed by atoms with van der Waals surface area (Å²) in [6.07, 6.45) is -6.50. The second kappa shape index (κ2) is 6.94. The van der Waals surface area contributed by atoms with E-state index in [0.717, 1.165) is 0 Å². The van der Waals surface area contributed by atoms with Crippen LogP contribution < -0.4 is 5.32 Å². The van der Waals surface area contributed by atoms with E-state index in [9.17, 15) is 22.8 Å². The van der Waals surface area contributed by atoms with Crippen LogP contribution in [0.1, 0.15) is 41.0 Å². The molecule has 134 valence electrons. The molecule has 0 aliphatic carbocycles. The summed E-state index contributed by atoms with van der Waals surface area (Å²) >= 11 is 0. The van der Waals surface area contributed by atoms with Crippen molar-refractivity contribution in [3.63, 3.8) is 0 Å². The van der Waals surface area contributed by atoms with E-state index in [0.29, 0.717) is 0 Å². The van der Waals surface area contributed by atoms with Crippen LogP contribution in [0.2, 0.25) is 0 Å². The molecule has 2 amide bonds. The highest BCUT2D eigenvalue weighted by molar-refractivity contribution is 5.85. The van der Waals surface area contributed by atoms with Crippen molar-refractivity contribution < 1.29 is 32.2 Å². The van der Waals surface area contributed by atoms with Crippen LogP contribution in [0, 0.1) is 0 Å². The average Bonchev–Trinajstić information content (AvgIpc) is 2.63. The third kappa shape index (κ3) is 6.64. The van der Waals surface area contributed by atoms with Gasteiger partial charge >= 0.3 is 12.5 Å². The van der Waals surface area contributed by atoms with Crippen molar-refractivity contribution in [2.75, 3.05) is 6.54 Å². The first kappa shape index (κ1) is 19.5. The minimum atomic E-state index is -4.73. The molecule has 1 rings (SSSR count). The van der Waals surface area contributed by atoms with E-state index >= 15 is 0 Å². The summed E-state index contributed by atoms with van der Waals surface area (Å²) in [5, 5.41) is 2.38. The van der Waals surface area contributed by atoms with Crippen molar-refractivity contribution in [1.82, 2.24) is 10.2 Å². The summed E-state index contributed by atoms with van der Waals surface area (Å²) in [4.78, 5) is 25.2. The zero-order valence-electron chi connectivity index (χ0n) is 13.9. The van der Waals surface area contributed by atoms with E-state index in [4.69, 9.17) is 4.74 Å². The number of carbonyl (C=O) groups is 2. The van der Waals surface area contributed by atoms with Gasteiger partial charge in [0.25, 0.3) is 0 Å². The molecule has 1 aliphatic heterocycles. The average molecular weight is 340 g/mol. The summed E-state index contributed by atoms with van der Waals surface area (Å²) < 4.78 is 45.8. The minimum Gasteiger partial charge on any atom is -0.444 e. The summed E-state index contributed by atoms with van der Waals surface area (Å²) in [6.45, 7) is 7.97. The van der Waals surface area contributed by atoms with Gasteiger partial charge < -0.3 is 15.0 Å². The molecule has 23 heavy (non-hydrogen) atoms. The second-order valence-electron chi connectivity index (χ2n) is 6.63. The van der Waals surface area contributed by atoms with E-state index in [-0.39, 0.29) is 13.0 Å². The molecule has 9 heteroatoms. The molecule has 1 heterocycles. The molecule has 0 radical (unpaired) electrons. The molecule has 0 aromatic carbocycles. The van der Waals surface area contributed by atoms with Crippen molar-refractivity contribution in [3.05, 3.63) is 0 Å². The van der Waals surface area contributed by atoms with Gasteiger partial charge in [-0.25, -0.2) is 4.79 Å². The maximum absolute atomic E-state index is 12.3. The number of hydrogen-bond acceptors (Lipinski definition) is 4.